The minimum atomic E-state index is -0.468. The first-order chi connectivity index (χ1) is 10.4. The van der Waals surface area contributed by atoms with Gasteiger partial charge in [-0.25, -0.2) is 5.43 Å². The number of amides is 1. The van der Waals surface area contributed by atoms with Crippen molar-refractivity contribution in [1.29, 1.82) is 0 Å². The number of nitrogens with zero attached hydrogens (tertiary/aromatic N) is 1. The number of nitrogens with one attached hydrogen (secondary N) is 1. The molecule has 0 heterocycles. The summed E-state index contributed by atoms with van der Waals surface area (Å²) in [6.45, 7) is 8.57. The van der Waals surface area contributed by atoms with Gasteiger partial charge >= 0.3 is 0 Å². The Morgan fingerprint density at radius 2 is 2.18 bits per heavy atom. The topological polar surface area (TPSA) is 61.7 Å². The van der Waals surface area contributed by atoms with Crippen molar-refractivity contribution < 1.29 is 9.90 Å². The lowest BCUT2D eigenvalue weighted by Gasteiger charge is -2.36. The number of benzene rings is 1. The van der Waals surface area contributed by atoms with Crippen LogP contribution in [0.5, 0.6) is 5.75 Å². The molecular formula is C18H22N2O2. The van der Waals surface area contributed by atoms with Gasteiger partial charge in [0.2, 0.25) is 5.91 Å². The normalized spacial score (nSPS) is 29.2. The van der Waals surface area contributed by atoms with Gasteiger partial charge in [0.05, 0.1) is 11.6 Å². The van der Waals surface area contributed by atoms with E-state index in [9.17, 15) is 9.90 Å². The van der Waals surface area contributed by atoms with E-state index in [0.717, 1.165) is 24.8 Å². The van der Waals surface area contributed by atoms with Crippen molar-refractivity contribution in [3.63, 3.8) is 0 Å². The molecule has 3 rings (SSSR count). The molecule has 0 saturated heterocycles. The smallest absolute Gasteiger partial charge is 0.250 e. The number of rotatable bonds is 3. The van der Waals surface area contributed by atoms with Crippen LogP contribution in [0.4, 0.5) is 0 Å². The lowest BCUT2D eigenvalue weighted by Crippen LogP contribution is -2.39. The molecule has 2 bridgehead atoms. The van der Waals surface area contributed by atoms with Gasteiger partial charge in [0.15, 0.2) is 0 Å². The Morgan fingerprint density at radius 1 is 1.45 bits per heavy atom. The molecular weight excluding hydrogens is 276 g/mol. The fraction of sp³-hybridized carbons (Fsp3) is 0.444. The third-order valence-electron chi connectivity index (χ3n) is 5.63. The van der Waals surface area contributed by atoms with Crippen LogP contribution in [0.25, 0.3) is 0 Å². The average molecular weight is 298 g/mol. The molecule has 4 heteroatoms. The van der Waals surface area contributed by atoms with Crippen LogP contribution in [0.15, 0.2) is 41.5 Å². The molecule has 2 fully saturated rings. The third-order valence-corrected chi connectivity index (χ3v) is 5.63. The van der Waals surface area contributed by atoms with Crippen molar-refractivity contribution >= 4 is 12.1 Å². The quantitative estimate of drug-likeness (QED) is 0.511. The molecule has 2 saturated carbocycles. The summed E-state index contributed by atoms with van der Waals surface area (Å²) in [6, 6.07) is 6.88. The van der Waals surface area contributed by atoms with Crippen LogP contribution in [0.3, 0.4) is 0 Å². The Kier molecular flexibility index (Phi) is 3.35. The van der Waals surface area contributed by atoms with E-state index in [1.54, 1.807) is 18.2 Å². The highest BCUT2D eigenvalue weighted by molar-refractivity contribution is 5.89. The summed E-state index contributed by atoms with van der Waals surface area (Å²) in [5.41, 5.74) is 3.81. The highest BCUT2D eigenvalue weighted by atomic mass is 16.3. The van der Waals surface area contributed by atoms with Crippen molar-refractivity contribution in [3.05, 3.63) is 42.0 Å². The van der Waals surface area contributed by atoms with Crippen LogP contribution in [0.1, 0.15) is 38.7 Å². The van der Waals surface area contributed by atoms with Gasteiger partial charge in [0.25, 0.3) is 0 Å². The van der Waals surface area contributed by atoms with Gasteiger partial charge in [0, 0.05) is 5.56 Å². The van der Waals surface area contributed by atoms with E-state index in [0.29, 0.717) is 11.5 Å². The first-order valence-corrected chi connectivity index (χ1v) is 7.69. The van der Waals surface area contributed by atoms with E-state index in [-0.39, 0.29) is 17.1 Å². The van der Waals surface area contributed by atoms with Crippen molar-refractivity contribution in [2.45, 2.75) is 33.1 Å². The van der Waals surface area contributed by atoms with Crippen LogP contribution >= 0.6 is 0 Å². The number of fused-ring (bicyclic) bond motifs is 2. The highest BCUT2D eigenvalue weighted by Crippen LogP contribution is 2.65. The van der Waals surface area contributed by atoms with Crippen molar-refractivity contribution in [1.82, 2.24) is 5.43 Å². The summed E-state index contributed by atoms with van der Waals surface area (Å²) >= 11 is 0. The largest absolute Gasteiger partial charge is 0.507 e. The van der Waals surface area contributed by atoms with Crippen LogP contribution in [-0.4, -0.2) is 17.2 Å². The maximum atomic E-state index is 12.7. The van der Waals surface area contributed by atoms with E-state index in [1.807, 2.05) is 6.07 Å². The summed E-state index contributed by atoms with van der Waals surface area (Å²) in [6.07, 6.45) is 4.27. The molecule has 2 aliphatic rings. The number of aromatic hydroxyl groups is 1. The van der Waals surface area contributed by atoms with E-state index in [4.69, 9.17) is 0 Å². The molecule has 0 radical (unpaired) electrons. The molecule has 116 valence electrons. The van der Waals surface area contributed by atoms with Crippen LogP contribution in [0, 0.1) is 16.7 Å². The Morgan fingerprint density at radius 3 is 2.82 bits per heavy atom. The van der Waals surface area contributed by atoms with Crippen LogP contribution in [0.2, 0.25) is 0 Å². The van der Waals surface area contributed by atoms with E-state index >= 15 is 0 Å². The molecule has 1 amide bonds. The number of para-hydroxylation sites is 1. The van der Waals surface area contributed by atoms with Gasteiger partial charge in [-0.15, -0.1) is 0 Å². The Hall–Kier alpha value is -2.10. The molecule has 22 heavy (non-hydrogen) atoms. The lowest BCUT2D eigenvalue weighted by atomic mass is 9.68. The number of hydrogen-bond acceptors (Lipinski definition) is 3. The molecule has 1 aromatic carbocycles. The Balaban J connectivity index is 1.73. The molecule has 0 aromatic heterocycles. The van der Waals surface area contributed by atoms with E-state index in [2.05, 4.69) is 31.0 Å². The SMILES string of the molecule is C=C1C2(C(=O)NN=Cc3ccccc3O)CCC(C2)C1(C)C. The second-order valence-electron chi connectivity index (χ2n) is 6.98. The molecule has 2 aliphatic carbocycles. The first-order valence-electron chi connectivity index (χ1n) is 7.69. The second-order valence-corrected chi connectivity index (χ2v) is 6.98. The monoisotopic (exact) mass is 298 g/mol. The lowest BCUT2D eigenvalue weighted by molar-refractivity contribution is -0.128. The number of phenolic OH excluding ortho intramolecular Hbond substituents is 1. The number of carbonyl (C=O) groups excluding carboxylic acids is 1. The van der Waals surface area contributed by atoms with Crippen molar-refractivity contribution in [2.24, 2.45) is 21.8 Å². The first kappa shape index (κ1) is 14.8. The minimum absolute atomic E-state index is 0.0248. The molecule has 2 N–H and O–H groups in total. The van der Waals surface area contributed by atoms with Gasteiger partial charge in [-0.05, 0) is 42.7 Å². The predicted octanol–water partition coefficient (Wildman–Crippen LogP) is 3.22. The van der Waals surface area contributed by atoms with Crippen LogP contribution < -0.4 is 5.43 Å². The highest BCUT2D eigenvalue weighted by Gasteiger charge is 2.60. The maximum absolute atomic E-state index is 12.7. The predicted molar refractivity (Wildman–Crippen MR) is 86.5 cm³/mol. The second kappa shape index (κ2) is 4.97. The van der Waals surface area contributed by atoms with E-state index in [1.165, 1.54) is 6.21 Å². The Labute approximate surface area is 130 Å². The summed E-state index contributed by atoms with van der Waals surface area (Å²) in [7, 11) is 0. The van der Waals surface area contributed by atoms with Gasteiger partial charge in [-0.2, -0.15) is 5.10 Å². The zero-order valence-corrected chi connectivity index (χ0v) is 13.1. The number of carbonyl (C=O) groups is 1. The molecule has 0 aliphatic heterocycles. The summed E-state index contributed by atoms with van der Waals surface area (Å²) in [5.74, 6) is 0.608. The molecule has 0 spiro atoms. The van der Waals surface area contributed by atoms with E-state index < -0.39 is 5.41 Å². The standard InChI is InChI=1S/C18H22N2O2/c1-12-17(2,3)14-8-9-18(12,10-14)16(22)20-19-11-13-6-4-5-7-15(13)21/h4-7,11,14,21H,1,8-10H2,2-3H3,(H,20,22). The molecule has 2 atom stereocenters. The average Bonchev–Trinajstić information content (AvgIpc) is 3.01. The molecule has 1 aromatic rings. The van der Waals surface area contributed by atoms with Gasteiger partial charge in [-0.3, -0.25) is 4.79 Å². The van der Waals surface area contributed by atoms with Gasteiger partial charge < -0.3 is 5.11 Å². The Bertz CT molecular complexity index is 663. The van der Waals surface area contributed by atoms with Crippen molar-refractivity contribution in [2.75, 3.05) is 0 Å². The van der Waals surface area contributed by atoms with Gasteiger partial charge in [-0.1, -0.05) is 38.1 Å². The summed E-state index contributed by atoms with van der Waals surface area (Å²) < 4.78 is 0. The third kappa shape index (κ3) is 2.05. The number of phenols is 1. The number of hydrazone groups is 1. The van der Waals surface area contributed by atoms with Crippen molar-refractivity contribution in [3.8, 4) is 5.75 Å². The fourth-order valence-electron chi connectivity index (χ4n) is 4.01. The van der Waals surface area contributed by atoms with Gasteiger partial charge in [0.1, 0.15) is 5.75 Å². The van der Waals surface area contributed by atoms with Crippen LogP contribution in [-0.2, 0) is 4.79 Å². The number of hydrogen-bond donors (Lipinski definition) is 2. The summed E-state index contributed by atoms with van der Waals surface area (Å²) in [5, 5.41) is 13.7. The zero-order valence-electron chi connectivity index (χ0n) is 13.1. The minimum Gasteiger partial charge on any atom is -0.507 e. The fourth-order valence-corrected chi connectivity index (χ4v) is 4.01. The maximum Gasteiger partial charge on any atom is 0.250 e. The molecule has 4 nitrogen and oxygen atoms in total. The molecule has 2 unspecified atom stereocenters. The zero-order chi connectivity index (χ0) is 16.0. The summed E-state index contributed by atoms with van der Waals surface area (Å²) in [4.78, 5) is 12.7.